The highest BCUT2D eigenvalue weighted by atomic mass is 16.7. The fourth-order valence-electron chi connectivity index (χ4n) is 1.82. The van der Waals surface area contributed by atoms with Gasteiger partial charge in [0.2, 0.25) is 0 Å². The molecule has 0 fully saturated rings. The van der Waals surface area contributed by atoms with E-state index in [-0.39, 0.29) is 12.5 Å². The average Bonchev–Trinajstić information content (AvgIpc) is 2.89. The van der Waals surface area contributed by atoms with Crippen LogP contribution in [-0.4, -0.2) is 46.6 Å². The maximum Gasteiger partial charge on any atom is 0.255 e. The van der Waals surface area contributed by atoms with Gasteiger partial charge in [0.05, 0.1) is 30.0 Å². The van der Waals surface area contributed by atoms with Gasteiger partial charge in [0.25, 0.3) is 5.91 Å². The van der Waals surface area contributed by atoms with E-state index in [1.54, 1.807) is 23.1 Å². The molecule has 0 aliphatic heterocycles. The minimum Gasteiger partial charge on any atom is -0.351 e. The summed E-state index contributed by atoms with van der Waals surface area (Å²) >= 11 is 0. The van der Waals surface area contributed by atoms with E-state index in [0.717, 1.165) is 0 Å². The molecular weight excluding hydrogens is 260 g/mol. The molecule has 1 N–H and O–H groups in total. The lowest BCUT2D eigenvalue weighted by atomic mass is 10.3. The fourth-order valence-corrected chi connectivity index (χ4v) is 1.82. The van der Waals surface area contributed by atoms with E-state index < -0.39 is 6.29 Å². The molecule has 2 heterocycles. The standard InChI is InChI=1S/C13H18N4O3/c1-3-19-12(20-4-2)9-15-13(18)10-7-16-17-6-5-14-8-11(10)17/h5-8,12H,3-4,9H2,1-2H3,(H,15,18). The number of amides is 1. The molecule has 2 rings (SSSR count). The normalized spacial score (nSPS) is 11.2. The Kier molecular flexibility index (Phi) is 5.03. The van der Waals surface area contributed by atoms with Crippen molar-refractivity contribution in [3.63, 3.8) is 0 Å². The van der Waals surface area contributed by atoms with Crippen LogP contribution in [0.5, 0.6) is 0 Å². The second-order valence-electron chi connectivity index (χ2n) is 4.01. The summed E-state index contributed by atoms with van der Waals surface area (Å²) in [6, 6.07) is 0. The van der Waals surface area contributed by atoms with Gasteiger partial charge in [0, 0.05) is 25.6 Å². The number of aromatic nitrogens is 3. The molecule has 0 spiro atoms. The lowest BCUT2D eigenvalue weighted by molar-refractivity contribution is -0.131. The maximum atomic E-state index is 12.1. The first kappa shape index (κ1) is 14.4. The Hall–Kier alpha value is -1.99. The molecule has 7 heteroatoms. The Bertz CT molecular complexity index is 563. The second kappa shape index (κ2) is 6.97. The zero-order chi connectivity index (χ0) is 14.4. The van der Waals surface area contributed by atoms with E-state index in [1.807, 2.05) is 13.8 Å². The molecule has 0 saturated carbocycles. The summed E-state index contributed by atoms with van der Waals surface area (Å²) in [5.74, 6) is -0.225. The predicted octanol–water partition coefficient (Wildman–Crippen LogP) is 0.858. The van der Waals surface area contributed by atoms with Crippen LogP contribution in [0.15, 0.2) is 24.8 Å². The fraction of sp³-hybridized carbons (Fsp3) is 0.462. The monoisotopic (exact) mass is 278 g/mol. The maximum absolute atomic E-state index is 12.1. The van der Waals surface area contributed by atoms with Gasteiger partial charge in [0.15, 0.2) is 6.29 Å². The number of fused-ring (bicyclic) bond motifs is 1. The van der Waals surface area contributed by atoms with E-state index in [1.165, 1.54) is 6.20 Å². The smallest absolute Gasteiger partial charge is 0.255 e. The molecule has 0 aliphatic carbocycles. The van der Waals surface area contributed by atoms with Gasteiger partial charge in [-0.3, -0.25) is 9.78 Å². The van der Waals surface area contributed by atoms with Crippen molar-refractivity contribution in [2.45, 2.75) is 20.1 Å². The summed E-state index contributed by atoms with van der Waals surface area (Å²) in [5.41, 5.74) is 1.14. The van der Waals surface area contributed by atoms with Crippen molar-refractivity contribution in [3.8, 4) is 0 Å². The zero-order valence-electron chi connectivity index (χ0n) is 11.6. The first-order chi connectivity index (χ1) is 9.76. The van der Waals surface area contributed by atoms with Crippen LogP contribution in [0.3, 0.4) is 0 Å². The summed E-state index contributed by atoms with van der Waals surface area (Å²) in [6.07, 6.45) is 5.98. The first-order valence-electron chi connectivity index (χ1n) is 6.55. The molecule has 1 amide bonds. The van der Waals surface area contributed by atoms with Gasteiger partial charge in [-0.2, -0.15) is 5.10 Å². The van der Waals surface area contributed by atoms with Gasteiger partial charge in [-0.25, -0.2) is 4.52 Å². The van der Waals surface area contributed by atoms with Crippen LogP contribution in [0.4, 0.5) is 0 Å². The van der Waals surface area contributed by atoms with Crippen LogP contribution < -0.4 is 5.32 Å². The third-order valence-corrected chi connectivity index (χ3v) is 2.70. The van der Waals surface area contributed by atoms with E-state index in [0.29, 0.717) is 24.3 Å². The Morgan fingerprint density at radius 3 is 2.80 bits per heavy atom. The molecule has 0 unspecified atom stereocenters. The molecule has 0 aliphatic rings. The molecule has 2 aromatic rings. The lowest BCUT2D eigenvalue weighted by Gasteiger charge is -2.17. The van der Waals surface area contributed by atoms with Crippen LogP contribution >= 0.6 is 0 Å². The van der Waals surface area contributed by atoms with Crippen LogP contribution in [0.1, 0.15) is 24.2 Å². The molecule has 0 radical (unpaired) electrons. The van der Waals surface area contributed by atoms with E-state index >= 15 is 0 Å². The Labute approximate surface area is 116 Å². The van der Waals surface area contributed by atoms with Crippen molar-refractivity contribution >= 4 is 11.4 Å². The number of rotatable bonds is 7. The van der Waals surface area contributed by atoms with E-state index in [9.17, 15) is 4.79 Å². The summed E-state index contributed by atoms with van der Waals surface area (Å²) in [5, 5.41) is 6.87. The summed E-state index contributed by atoms with van der Waals surface area (Å²) in [7, 11) is 0. The number of nitrogens with one attached hydrogen (secondary N) is 1. The summed E-state index contributed by atoms with van der Waals surface area (Å²) < 4.78 is 12.3. The van der Waals surface area contributed by atoms with Crippen molar-refractivity contribution in [1.82, 2.24) is 19.9 Å². The van der Waals surface area contributed by atoms with Gasteiger partial charge < -0.3 is 14.8 Å². The van der Waals surface area contributed by atoms with Crippen LogP contribution in [0, 0.1) is 0 Å². The van der Waals surface area contributed by atoms with Gasteiger partial charge in [-0.15, -0.1) is 0 Å². The SMILES string of the molecule is CCOC(CNC(=O)c1cnn2ccncc12)OCC. The van der Waals surface area contributed by atoms with Gasteiger partial charge in [-0.05, 0) is 13.8 Å². The number of carbonyl (C=O) groups is 1. The molecule has 108 valence electrons. The lowest BCUT2D eigenvalue weighted by Crippen LogP contribution is -2.35. The summed E-state index contributed by atoms with van der Waals surface area (Å²) in [6.45, 7) is 5.11. The number of hydrogen-bond donors (Lipinski definition) is 1. The van der Waals surface area contributed by atoms with Gasteiger partial charge in [-0.1, -0.05) is 0 Å². The Balaban J connectivity index is 2.01. The molecule has 0 atom stereocenters. The molecule has 0 aromatic carbocycles. The van der Waals surface area contributed by atoms with Crippen molar-refractivity contribution in [3.05, 3.63) is 30.4 Å². The quantitative estimate of drug-likeness (QED) is 0.760. The topological polar surface area (TPSA) is 77.8 Å². The third kappa shape index (κ3) is 3.31. The minimum atomic E-state index is -0.436. The number of carbonyl (C=O) groups excluding carboxylic acids is 1. The van der Waals surface area contributed by atoms with Crippen molar-refractivity contribution in [2.24, 2.45) is 0 Å². The Morgan fingerprint density at radius 2 is 2.10 bits per heavy atom. The molecule has 20 heavy (non-hydrogen) atoms. The molecule has 7 nitrogen and oxygen atoms in total. The largest absolute Gasteiger partial charge is 0.351 e. The van der Waals surface area contributed by atoms with E-state index in [4.69, 9.17) is 9.47 Å². The zero-order valence-corrected chi connectivity index (χ0v) is 11.6. The van der Waals surface area contributed by atoms with E-state index in [2.05, 4.69) is 15.4 Å². The molecule has 0 saturated heterocycles. The van der Waals surface area contributed by atoms with Crippen molar-refractivity contribution in [1.29, 1.82) is 0 Å². The highest BCUT2D eigenvalue weighted by molar-refractivity contribution is 6.00. The van der Waals surface area contributed by atoms with Crippen LogP contribution in [0.2, 0.25) is 0 Å². The molecule has 2 aromatic heterocycles. The van der Waals surface area contributed by atoms with Gasteiger partial charge >= 0.3 is 0 Å². The second-order valence-corrected chi connectivity index (χ2v) is 4.01. The first-order valence-corrected chi connectivity index (χ1v) is 6.55. The van der Waals surface area contributed by atoms with Crippen molar-refractivity contribution < 1.29 is 14.3 Å². The third-order valence-electron chi connectivity index (χ3n) is 2.70. The van der Waals surface area contributed by atoms with Crippen LogP contribution in [0.25, 0.3) is 5.52 Å². The van der Waals surface area contributed by atoms with Crippen molar-refractivity contribution in [2.75, 3.05) is 19.8 Å². The Morgan fingerprint density at radius 1 is 1.35 bits per heavy atom. The number of hydrogen-bond acceptors (Lipinski definition) is 5. The molecular formula is C13H18N4O3. The molecule has 0 bridgehead atoms. The van der Waals surface area contributed by atoms with Gasteiger partial charge in [0.1, 0.15) is 0 Å². The van der Waals surface area contributed by atoms with Crippen LogP contribution in [-0.2, 0) is 9.47 Å². The number of ether oxygens (including phenoxy) is 2. The average molecular weight is 278 g/mol. The summed E-state index contributed by atoms with van der Waals surface area (Å²) in [4.78, 5) is 16.1. The highest BCUT2D eigenvalue weighted by Gasteiger charge is 2.15. The minimum absolute atomic E-state index is 0.225. The highest BCUT2D eigenvalue weighted by Crippen LogP contribution is 2.08. The number of nitrogens with zero attached hydrogens (tertiary/aromatic N) is 3. The predicted molar refractivity (Wildman–Crippen MR) is 72.4 cm³/mol.